The van der Waals surface area contributed by atoms with E-state index in [4.69, 9.17) is 11.7 Å². The largest absolute Gasteiger partial charge is 0.323 e. The molecule has 0 unspecified atom stereocenters. The Morgan fingerprint density at radius 2 is 1.54 bits per heavy atom. The smallest absolute Gasteiger partial charge is 0.269 e. The van der Waals surface area contributed by atoms with Gasteiger partial charge in [0, 0.05) is 5.39 Å². The molecule has 0 radical (unpaired) electrons. The number of aromatic nitrogens is 1. The van der Waals surface area contributed by atoms with Crippen LogP contribution in [-0.4, -0.2) is 10.9 Å². The predicted octanol–water partition coefficient (Wildman–Crippen LogP) is 1.56. The second kappa shape index (κ2) is 6.91. The van der Waals surface area contributed by atoms with E-state index in [0.717, 1.165) is 16.5 Å². The topological polar surface area (TPSA) is 106 Å². The molecule has 1 aromatic heterocycles. The first-order valence-corrected chi connectivity index (χ1v) is 7.38. The molecule has 0 atom stereocenters. The van der Waals surface area contributed by atoms with Crippen molar-refractivity contribution in [3.63, 3.8) is 0 Å². The van der Waals surface area contributed by atoms with Crippen LogP contribution in [0.3, 0.4) is 0 Å². The van der Waals surface area contributed by atoms with Crippen LogP contribution in [0.5, 0.6) is 0 Å². The first-order valence-electron chi connectivity index (χ1n) is 7.38. The fourth-order valence-electron chi connectivity index (χ4n) is 2.54. The average molecular weight is 319 g/mol. The van der Waals surface area contributed by atoms with E-state index in [2.05, 4.69) is 15.8 Å². The number of nitrogens with one attached hydrogen (secondary N) is 2. The zero-order valence-corrected chi connectivity index (χ0v) is 12.9. The molecule has 0 bridgehead atoms. The Kier molecular flexibility index (Phi) is 4.51. The van der Waals surface area contributed by atoms with Gasteiger partial charge in [0.05, 0.1) is 22.5 Å². The Balaban J connectivity index is 2.24. The van der Waals surface area contributed by atoms with Crippen LogP contribution in [0.4, 0.5) is 0 Å². The van der Waals surface area contributed by atoms with E-state index in [1.165, 1.54) is 0 Å². The zero-order valence-electron chi connectivity index (χ0n) is 12.9. The number of rotatable bonds is 4. The van der Waals surface area contributed by atoms with E-state index in [1.54, 1.807) is 6.07 Å². The molecule has 0 aliphatic carbocycles. The number of pyridine rings is 1. The highest BCUT2D eigenvalue weighted by molar-refractivity contribution is 6.26. The van der Waals surface area contributed by atoms with Gasteiger partial charge in [-0.25, -0.2) is 10.8 Å². The van der Waals surface area contributed by atoms with E-state index >= 15 is 0 Å². The van der Waals surface area contributed by atoms with Crippen molar-refractivity contribution in [2.45, 2.75) is 0 Å². The number of amides is 1. The monoisotopic (exact) mass is 319 g/mol. The molecule has 3 aromatic rings. The Morgan fingerprint density at radius 1 is 0.833 bits per heavy atom. The highest BCUT2D eigenvalue weighted by Crippen LogP contribution is 2.24. The van der Waals surface area contributed by atoms with Crippen molar-refractivity contribution in [1.82, 2.24) is 15.8 Å². The van der Waals surface area contributed by atoms with Crippen LogP contribution in [0.2, 0.25) is 0 Å². The van der Waals surface area contributed by atoms with Crippen molar-refractivity contribution in [2.75, 3.05) is 0 Å². The second-order valence-corrected chi connectivity index (χ2v) is 5.12. The summed E-state index contributed by atoms with van der Waals surface area (Å²) in [5.74, 6) is 10.6. The van der Waals surface area contributed by atoms with Gasteiger partial charge >= 0.3 is 0 Å². The number of hydrogen-bond acceptors (Lipinski definition) is 5. The molecule has 1 amide bonds. The Labute approximate surface area is 139 Å². The summed E-state index contributed by atoms with van der Waals surface area (Å²) >= 11 is 0. The Morgan fingerprint density at radius 3 is 2.25 bits per heavy atom. The lowest BCUT2D eigenvalue weighted by Gasteiger charge is -2.14. The molecule has 0 saturated carbocycles. The first kappa shape index (κ1) is 15.7. The van der Waals surface area contributed by atoms with E-state index in [0.29, 0.717) is 11.4 Å². The standard InChI is InChI=1S/C18H17N5O/c19-22-17(13-7-2-1-3-8-13)16(18(24)23-20)15-11-10-12-6-4-5-9-14(12)21-15/h1-11,22H,19-20H2,(H,23,24)/b17-16-. The van der Waals surface area contributed by atoms with Crippen LogP contribution in [0.25, 0.3) is 22.2 Å². The van der Waals surface area contributed by atoms with Crippen LogP contribution < -0.4 is 22.5 Å². The third kappa shape index (κ3) is 2.96. The fraction of sp³-hybridized carbons (Fsp3) is 0. The van der Waals surface area contributed by atoms with Gasteiger partial charge in [-0.3, -0.25) is 16.1 Å². The number of carbonyl (C=O) groups is 1. The highest BCUT2D eigenvalue weighted by atomic mass is 16.2. The molecule has 3 rings (SSSR count). The van der Waals surface area contributed by atoms with Crippen LogP contribution >= 0.6 is 0 Å². The Hall–Kier alpha value is -3.22. The van der Waals surface area contributed by atoms with Crippen molar-refractivity contribution >= 4 is 28.1 Å². The van der Waals surface area contributed by atoms with Gasteiger partial charge in [0.1, 0.15) is 0 Å². The van der Waals surface area contributed by atoms with Gasteiger partial charge in [0.2, 0.25) is 0 Å². The quantitative estimate of drug-likeness (QED) is 0.253. The van der Waals surface area contributed by atoms with E-state index in [9.17, 15) is 4.79 Å². The molecular formula is C18H17N5O. The lowest BCUT2D eigenvalue weighted by Crippen LogP contribution is -2.34. The zero-order chi connectivity index (χ0) is 16.9. The molecule has 6 heteroatoms. The van der Waals surface area contributed by atoms with Crippen LogP contribution in [-0.2, 0) is 4.79 Å². The highest BCUT2D eigenvalue weighted by Gasteiger charge is 2.19. The van der Waals surface area contributed by atoms with Gasteiger partial charge in [-0.1, -0.05) is 54.6 Å². The predicted molar refractivity (Wildman–Crippen MR) is 94.7 cm³/mol. The molecule has 0 aliphatic heterocycles. The summed E-state index contributed by atoms with van der Waals surface area (Å²) < 4.78 is 0. The Bertz CT molecular complexity index is 905. The van der Waals surface area contributed by atoms with E-state index < -0.39 is 5.91 Å². The minimum absolute atomic E-state index is 0.275. The molecule has 0 spiro atoms. The van der Waals surface area contributed by atoms with Crippen molar-refractivity contribution in [3.05, 3.63) is 78.0 Å². The maximum absolute atomic E-state index is 12.4. The number of benzene rings is 2. The van der Waals surface area contributed by atoms with Gasteiger partial charge in [-0.2, -0.15) is 0 Å². The molecule has 0 saturated heterocycles. The SMILES string of the molecule is NNC(=O)/C(=C(\NN)c1ccccc1)c1ccc2ccccc2n1. The third-order valence-electron chi connectivity index (χ3n) is 3.67. The van der Waals surface area contributed by atoms with Crippen LogP contribution in [0, 0.1) is 0 Å². The maximum atomic E-state index is 12.4. The van der Waals surface area contributed by atoms with Gasteiger partial charge < -0.3 is 5.43 Å². The van der Waals surface area contributed by atoms with Gasteiger partial charge in [-0.05, 0) is 17.7 Å². The molecule has 2 aromatic carbocycles. The number of carbonyl (C=O) groups excluding carboxylic acids is 1. The fourth-order valence-corrected chi connectivity index (χ4v) is 2.54. The maximum Gasteiger partial charge on any atom is 0.269 e. The number of nitrogens with two attached hydrogens (primary N) is 2. The van der Waals surface area contributed by atoms with Crippen molar-refractivity contribution in [1.29, 1.82) is 0 Å². The number of nitrogens with zero attached hydrogens (tertiary/aromatic N) is 1. The van der Waals surface area contributed by atoms with Gasteiger partial charge in [0.25, 0.3) is 5.91 Å². The van der Waals surface area contributed by atoms with Gasteiger partial charge in [-0.15, -0.1) is 0 Å². The lowest BCUT2D eigenvalue weighted by atomic mass is 10.0. The summed E-state index contributed by atoms with van der Waals surface area (Å²) in [7, 11) is 0. The summed E-state index contributed by atoms with van der Waals surface area (Å²) in [4.78, 5) is 17.0. The van der Waals surface area contributed by atoms with Crippen LogP contribution in [0.15, 0.2) is 66.7 Å². The minimum atomic E-state index is -0.477. The van der Waals surface area contributed by atoms with Crippen molar-refractivity contribution in [2.24, 2.45) is 11.7 Å². The van der Waals surface area contributed by atoms with Gasteiger partial charge in [0.15, 0.2) is 0 Å². The summed E-state index contributed by atoms with van der Waals surface area (Å²) in [6, 6.07) is 20.6. The van der Waals surface area contributed by atoms with Crippen LogP contribution in [0.1, 0.15) is 11.3 Å². The number of hydrogen-bond donors (Lipinski definition) is 4. The third-order valence-corrected chi connectivity index (χ3v) is 3.67. The lowest BCUT2D eigenvalue weighted by molar-refractivity contribution is -0.115. The first-order chi connectivity index (χ1) is 11.7. The molecular weight excluding hydrogens is 302 g/mol. The number of fused-ring (bicyclic) bond motifs is 1. The molecule has 0 aliphatic rings. The van der Waals surface area contributed by atoms with Crippen molar-refractivity contribution in [3.8, 4) is 0 Å². The summed E-state index contributed by atoms with van der Waals surface area (Å²) in [5, 5.41) is 0.982. The summed E-state index contributed by atoms with van der Waals surface area (Å²) in [6.45, 7) is 0. The number of para-hydroxylation sites is 1. The average Bonchev–Trinajstić information content (AvgIpc) is 2.65. The second-order valence-electron chi connectivity index (χ2n) is 5.12. The molecule has 1 heterocycles. The van der Waals surface area contributed by atoms with Crippen molar-refractivity contribution < 1.29 is 4.79 Å². The van der Waals surface area contributed by atoms with E-state index in [1.807, 2.05) is 60.7 Å². The molecule has 6 nitrogen and oxygen atoms in total. The van der Waals surface area contributed by atoms with E-state index in [-0.39, 0.29) is 5.57 Å². The molecule has 6 N–H and O–H groups in total. The minimum Gasteiger partial charge on any atom is -0.323 e. The molecule has 120 valence electrons. The molecule has 24 heavy (non-hydrogen) atoms. The summed E-state index contributed by atoms with van der Waals surface area (Å²) in [6.07, 6.45) is 0. The normalized spacial score (nSPS) is 11.8. The molecule has 0 fully saturated rings. The number of hydrazine groups is 2. The summed E-state index contributed by atoms with van der Waals surface area (Å²) in [5.41, 5.74) is 7.51.